The van der Waals surface area contributed by atoms with Crippen molar-refractivity contribution in [2.24, 2.45) is 0 Å². The molecule has 82 valence electrons. The third-order valence-electron chi connectivity index (χ3n) is 0. The first-order valence-electron chi connectivity index (χ1n) is 2.72. The number of aliphatic carboxylic acids is 3. The third-order valence-corrected chi connectivity index (χ3v) is 0. The van der Waals surface area contributed by atoms with Crippen LogP contribution in [0.25, 0.3) is 0 Å². The fraction of sp³-hybridized carbons (Fsp3) is 0.500. The molecule has 0 aliphatic heterocycles. The minimum absolute atomic E-state index is 0. The Balaban J connectivity index is -0.0000000450. The predicted octanol–water partition coefficient (Wildman–Crippen LogP) is -3.73. The van der Waals surface area contributed by atoms with E-state index in [1.807, 2.05) is 0 Å². The summed E-state index contributed by atoms with van der Waals surface area (Å²) in [4.78, 5) is 26.7. The zero-order chi connectivity index (χ0) is 10.7. The van der Waals surface area contributed by atoms with Crippen LogP contribution in [0.1, 0.15) is 20.8 Å². The monoisotopic (exact) mass is 346 g/mol. The summed E-state index contributed by atoms with van der Waals surface area (Å²) in [6, 6.07) is 0. The largest absolute Gasteiger partial charge is 3.00 e. The van der Waals surface area contributed by atoms with Gasteiger partial charge in [-0.05, 0) is 20.8 Å². The second-order valence-corrected chi connectivity index (χ2v) is 1.47. The van der Waals surface area contributed by atoms with Crippen LogP contribution in [0.15, 0.2) is 0 Å². The number of carbonyl (C=O) groups is 3. The van der Waals surface area contributed by atoms with Gasteiger partial charge in [0, 0.05) is 17.9 Å². The summed E-state index contributed by atoms with van der Waals surface area (Å²) in [6.45, 7) is 2.92. The molecule has 0 aliphatic rings. The summed E-state index contributed by atoms with van der Waals surface area (Å²) in [5.41, 5.74) is 0. The first-order chi connectivity index (χ1) is 5.20. The van der Waals surface area contributed by atoms with Crippen molar-refractivity contribution < 1.29 is 66.6 Å². The van der Waals surface area contributed by atoms with Crippen molar-refractivity contribution in [1.29, 1.82) is 0 Å². The van der Waals surface area contributed by atoms with Gasteiger partial charge in [0.05, 0.1) is 0 Å². The van der Waals surface area contributed by atoms with Crippen molar-refractivity contribution >= 4 is 17.9 Å². The molecule has 0 saturated heterocycles. The molecule has 0 N–H and O–H groups in total. The van der Waals surface area contributed by atoms with Gasteiger partial charge in [-0.15, -0.1) is 0 Å². The zero-order valence-corrected chi connectivity index (χ0v) is 9.01. The Labute approximate surface area is 105 Å². The summed E-state index contributed by atoms with van der Waals surface area (Å²) in [6.07, 6.45) is 0. The van der Waals surface area contributed by atoms with Crippen LogP contribution in [0, 0.1) is 36.9 Å². The second kappa shape index (κ2) is 17.7. The first-order valence-corrected chi connectivity index (χ1v) is 2.72. The molecule has 0 spiro atoms. The fourth-order valence-corrected chi connectivity index (χ4v) is 0. The average molecular weight is 346 g/mol. The molecular formula is C6H9O6Tm. The maximum absolute atomic E-state index is 8.89. The van der Waals surface area contributed by atoms with Crippen molar-refractivity contribution in [3.8, 4) is 0 Å². The Hall–Kier alpha value is -0.356. The van der Waals surface area contributed by atoms with Gasteiger partial charge in [-0.2, -0.15) is 0 Å². The normalized spacial score (nSPS) is 5.77. The quantitative estimate of drug-likeness (QED) is 0.445. The molecule has 0 aromatic carbocycles. The van der Waals surface area contributed by atoms with Crippen LogP contribution in [0.3, 0.4) is 0 Å². The maximum Gasteiger partial charge on any atom is 3.00 e. The zero-order valence-electron chi connectivity index (χ0n) is 7.23. The van der Waals surface area contributed by atoms with Crippen LogP contribution in [0.5, 0.6) is 0 Å². The van der Waals surface area contributed by atoms with Gasteiger partial charge in [-0.3, -0.25) is 0 Å². The van der Waals surface area contributed by atoms with Crippen molar-refractivity contribution in [1.82, 2.24) is 0 Å². The summed E-state index contributed by atoms with van der Waals surface area (Å²) in [5.74, 6) is -3.25. The van der Waals surface area contributed by atoms with E-state index in [9.17, 15) is 0 Å². The molecular weight excluding hydrogens is 337 g/mol. The molecule has 0 atom stereocenters. The van der Waals surface area contributed by atoms with E-state index in [4.69, 9.17) is 29.7 Å². The number of hydrogen-bond donors (Lipinski definition) is 0. The van der Waals surface area contributed by atoms with Crippen molar-refractivity contribution in [3.63, 3.8) is 0 Å². The van der Waals surface area contributed by atoms with Gasteiger partial charge in [-0.1, -0.05) is 0 Å². The Morgan fingerprint density at radius 1 is 0.692 bits per heavy atom. The molecule has 0 bridgehead atoms. The Kier molecular flexibility index (Phi) is 31.2. The van der Waals surface area contributed by atoms with Gasteiger partial charge in [-0.25, -0.2) is 0 Å². The number of hydrogen-bond acceptors (Lipinski definition) is 6. The minimum atomic E-state index is -1.08. The number of carboxylic acids is 3. The van der Waals surface area contributed by atoms with E-state index in [2.05, 4.69) is 0 Å². The van der Waals surface area contributed by atoms with Gasteiger partial charge in [0.2, 0.25) is 0 Å². The van der Waals surface area contributed by atoms with E-state index in [1.165, 1.54) is 0 Å². The van der Waals surface area contributed by atoms with Gasteiger partial charge in [0.15, 0.2) is 0 Å². The molecule has 6 nitrogen and oxygen atoms in total. The molecule has 7 heteroatoms. The van der Waals surface area contributed by atoms with E-state index < -0.39 is 17.9 Å². The van der Waals surface area contributed by atoms with Crippen molar-refractivity contribution in [2.45, 2.75) is 20.8 Å². The number of carboxylic acid groups (broad SMARTS) is 3. The first kappa shape index (κ1) is 22.9. The average Bonchev–Trinajstić information content (AvgIpc) is 1.54. The van der Waals surface area contributed by atoms with Crippen LogP contribution < -0.4 is 15.3 Å². The molecule has 13 heavy (non-hydrogen) atoms. The van der Waals surface area contributed by atoms with E-state index >= 15 is 0 Å². The molecule has 0 unspecified atom stereocenters. The molecule has 0 heterocycles. The topological polar surface area (TPSA) is 120 Å². The van der Waals surface area contributed by atoms with Gasteiger partial charge >= 0.3 is 36.9 Å². The predicted molar refractivity (Wildman–Crippen MR) is 32.0 cm³/mol. The smallest absolute Gasteiger partial charge is 0.550 e. The Morgan fingerprint density at radius 2 is 0.692 bits per heavy atom. The molecule has 0 amide bonds. The molecule has 0 saturated carbocycles. The minimum Gasteiger partial charge on any atom is -0.550 e. The van der Waals surface area contributed by atoms with Crippen LogP contribution in [-0.2, 0) is 14.4 Å². The van der Waals surface area contributed by atoms with Gasteiger partial charge in [0.25, 0.3) is 0 Å². The third kappa shape index (κ3) is 8530. The maximum atomic E-state index is 8.89. The van der Waals surface area contributed by atoms with E-state index in [0.717, 1.165) is 20.8 Å². The summed E-state index contributed by atoms with van der Waals surface area (Å²) in [5, 5.41) is 26.7. The molecule has 0 aromatic heterocycles. The van der Waals surface area contributed by atoms with Gasteiger partial charge < -0.3 is 29.7 Å². The van der Waals surface area contributed by atoms with Crippen LogP contribution in [0.4, 0.5) is 0 Å². The Bertz CT molecular complexity index is 115. The number of carbonyl (C=O) groups excluding carboxylic acids is 3. The molecule has 0 radical (unpaired) electrons. The Morgan fingerprint density at radius 3 is 0.692 bits per heavy atom. The van der Waals surface area contributed by atoms with Gasteiger partial charge in [0.1, 0.15) is 0 Å². The van der Waals surface area contributed by atoms with Crippen molar-refractivity contribution in [2.75, 3.05) is 0 Å². The van der Waals surface area contributed by atoms with Crippen molar-refractivity contribution in [3.05, 3.63) is 0 Å². The summed E-state index contributed by atoms with van der Waals surface area (Å²) >= 11 is 0. The molecule has 0 aliphatic carbocycles. The van der Waals surface area contributed by atoms with E-state index in [1.54, 1.807) is 0 Å². The molecule has 0 rings (SSSR count). The van der Waals surface area contributed by atoms with Crippen LogP contribution in [0.2, 0.25) is 0 Å². The number of rotatable bonds is 0. The molecule has 0 fully saturated rings. The fourth-order valence-electron chi connectivity index (χ4n) is 0. The van der Waals surface area contributed by atoms with Crippen LogP contribution >= 0.6 is 0 Å². The van der Waals surface area contributed by atoms with Crippen LogP contribution in [-0.4, -0.2) is 17.9 Å². The molecule has 0 aromatic rings. The van der Waals surface area contributed by atoms with E-state index in [0.29, 0.717) is 0 Å². The standard InChI is InChI=1S/3C2H4O2.Tm/c3*1-2(3)4;/h3*1H3,(H,3,4);/q;;;+3/p-3. The van der Waals surface area contributed by atoms with E-state index in [-0.39, 0.29) is 36.9 Å². The SMILES string of the molecule is CC(=O)[O-].CC(=O)[O-].CC(=O)[O-].[Tm+3]. The summed E-state index contributed by atoms with van der Waals surface area (Å²) in [7, 11) is 0. The summed E-state index contributed by atoms with van der Waals surface area (Å²) < 4.78 is 0. The second-order valence-electron chi connectivity index (χ2n) is 1.47.